The van der Waals surface area contributed by atoms with Crippen molar-refractivity contribution < 1.29 is 9.13 Å². The van der Waals surface area contributed by atoms with Gasteiger partial charge >= 0.3 is 0 Å². The molecular formula is C19H23ClFN3O. The van der Waals surface area contributed by atoms with Crippen molar-refractivity contribution in [1.82, 2.24) is 10.2 Å². The van der Waals surface area contributed by atoms with Crippen molar-refractivity contribution in [2.24, 2.45) is 16.8 Å². The lowest BCUT2D eigenvalue weighted by Crippen LogP contribution is -2.42. The van der Waals surface area contributed by atoms with Crippen LogP contribution in [0.25, 0.3) is 0 Å². The molecule has 3 heterocycles. The molecule has 4 fully saturated rings. The Labute approximate surface area is 152 Å². The number of aliphatic imine (C=N–C) groups is 1. The molecule has 1 saturated carbocycles. The van der Waals surface area contributed by atoms with E-state index in [9.17, 15) is 4.39 Å². The van der Waals surface area contributed by atoms with Gasteiger partial charge in [-0.25, -0.2) is 4.39 Å². The van der Waals surface area contributed by atoms with E-state index in [1.54, 1.807) is 12.1 Å². The molecule has 1 aromatic carbocycles. The van der Waals surface area contributed by atoms with Gasteiger partial charge in [-0.1, -0.05) is 17.7 Å². The molecule has 0 spiro atoms. The number of likely N-dealkylation sites (tertiary alicyclic amines) is 1. The summed E-state index contributed by atoms with van der Waals surface area (Å²) in [4.78, 5) is 6.85. The molecule has 2 bridgehead atoms. The average molecular weight is 364 g/mol. The maximum Gasteiger partial charge on any atom is 0.193 e. The van der Waals surface area contributed by atoms with Crippen molar-refractivity contribution in [3.05, 3.63) is 34.6 Å². The van der Waals surface area contributed by atoms with E-state index in [4.69, 9.17) is 16.3 Å². The zero-order valence-electron chi connectivity index (χ0n) is 14.3. The Hall–Kier alpha value is -1.33. The van der Waals surface area contributed by atoms with Crippen molar-refractivity contribution in [3.63, 3.8) is 0 Å². The number of nitrogens with one attached hydrogen (secondary N) is 1. The van der Waals surface area contributed by atoms with Crippen LogP contribution in [0.15, 0.2) is 23.2 Å². The summed E-state index contributed by atoms with van der Waals surface area (Å²) in [5.74, 6) is 2.16. The van der Waals surface area contributed by atoms with Crippen LogP contribution in [0.4, 0.5) is 4.39 Å². The smallest absolute Gasteiger partial charge is 0.193 e. The van der Waals surface area contributed by atoms with Crippen LogP contribution < -0.4 is 5.32 Å². The van der Waals surface area contributed by atoms with E-state index in [0.29, 0.717) is 34.6 Å². The van der Waals surface area contributed by atoms with Gasteiger partial charge in [-0.15, -0.1) is 0 Å². The minimum Gasteiger partial charge on any atom is -0.374 e. The van der Waals surface area contributed by atoms with Crippen LogP contribution >= 0.6 is 11.6 Å². The van der Waals surface area contributed by atoms with Gasteiger partial charge in [-0.3, -0.25) is 4.99 Å². The van der Waals surface area contributed by atoms with Gasteiger partial charge in [-0.05, 0) is 31.4 Å². The fourth-order valence-corrected chi connectivity index (χ4v) is 5.44. The number of fused-ring (bicyclic) bond motifs is 5. The normalized spacial score (nSPS) is 39.0. The summed E-state index contributed by atoms with van der Waals surface area (Å²) in [6.45, 7) is 2.03. The molecule has 1 aliphatic carbocycles. The first-order chi connectivity index (χ1) is 12.2. The van der Waals surface area contributed by atoms with Gasteiger partial charge in [0, 0.05) is 54.5 Å². The predicted molar refractivity (Wildman–Crippen MR) is 95.5 cm³/mol. The number of rotatable bonds is 2. The molecule has 3 saturated heterocycles. The summed E-state index contributed by atoms with van der Waals surface area (Å²) in [6, 6.07) is 5.12. The van der Waals surface area contributed by atoms with Crippen LogP contribution in [0.5, 0.6) is 0 Å². The Morgan fingerprint density at radius 2 is 2.00 bits per heavy atom. The summed E-state index contributed by atoms with van der Waals surface area (Å²) >= 11 is 6.21. The molecule has 0 radical (unpaired) electrons. The minimum absolute atomic E-state index is 0.132. The third kappa shape index (κ3) is 2.55. The number of halogens is 2. The number of nitrogens with zero attached hydrogens (tertiary/aromatic N) is 2. The topological polar surface area (TPSA) is 36.9 Å². The minimum atomic E-state index is -0.207. The van der Waals surface area contributed by atoms with Crippen molar-refractivity contribution in [1.29, 1.82) is 0 Å². The summed E-state index contributed by atoms with van der Waals surface area (Å²) < 4.78 is 20.2. The average Bonchev–Trinajstić information content (AvgIpc) is 2.97. The summed E-state index contributed by atoms with van der Waals surface area (Å²) in [5, 5.41) is 4.06. The Morgan fingerprint density at radius 1 is 1.28 bits per heavy atom. The molecule has 5 rings (SSSR count). The summed E-state index contributed by atoms with van der Waals surface area (Å²) in [6.07, 6.45) is 4.21. The Kier molecular flexibility index (Phi) is 3.72. The fourth-order valence-electron chi connectivity index (χ4n) is 5.13. The summed E-state index contributed by atoms with van der Waals surface area (Å²) in [7, 11) is 1.83. The highest BCUT2D eigenvalue weighted by Gasteiger charge is 2.54. The van der Waals surface area contributed by atoms with Gasteiger partial charge in [0.2, 0.25) is 0 Å². The van der Waals surface area contributed by atoms with Gasteiger partial charge in [-0.2, -0.15) is 0 Å². The van der Waals surface area contributed by atoms with E-state index in [1.807, 2.05) is 7.05 Å². The Morgan fingerprint density at radius 3 is 2.64 bits per heavy atom. The molecular weight excluding hydrogens is 341 g/mol. The van der Waals surface area contributed by atoms with Crippen molar-refractivity contribution in [3.8, 4) is 0 Å². The standard InChI is InChI=1S/C19H23ClFN3O/c1-22-19(24-8-11-12(9-24)17-6-5-16(11)25-17)23-15-7-10(15)18-13(20)3-2-4-14(18)21/h2-4,10-12,15-17H,5-9H2,1H3,(H,22,23). The zero-order chi connectivity index (χ0) is 17.1. The van der Waals surface area contributed by atoms with Crippen LogP contribution in [0.1, 0.15) is 30.7 Å². The SMILES string of the molecule is CN=C(NC1CC1c1c(F)cccc1Cl)N1CC2C3CCC(O3)C2C1. The van der Waals surface area contributed by atoms with Gasteiger partial charge in [0.15, 0.2) is 5.96 Å². The van der Waals surface area contributed by atoms with Crippen LogP contribution in [-0.4, -0.2) is 49.2 Å². The monoisotopic (exact) mass is 363 g/mol. The molecule has 134 valence electrons. The first-order valence-electron chi connectivity index (χ1n) is 9.23. The third-order valence-corrected chi connectivity index (χ3v) is 6.77. The molecule has 0 aromatic heterocycles. The van der Waals surface area contributed by atoms with Gasteiger partial charge in [0.05, 0.1) is 12.2 Å². The third-order valence-electron chi connectivity index (χ3n) is 6.44. The second-order valence-corrected chi connectivity index (χ2v) is 8.21. The fraction of sp³-hybridized carbons (Fsp3) is 0.632. The van der Waals surface area contributed by atoms with Crippen molar-refractivity contribution in [2.75, 3.05) is 20.1 Å². The van der Waals surface area contributed by atoms with Crippen molar-refractivity contribution >= 4 is 17.6 Å². The lowest BCUT2D eigenvalue weighted by molar-refractivity contribution is 0.0767. The highest BCUT2D eigenvalue weighted by atomic mass is 35.5. The largest absolute Gasteiger partial charge is 0.374 e. The number of hydrogen-bond donors (Lipinski definition) is 1. The second kappa shape index (κ2) is 5.85. The quantitative estimate of drug-likeness (QED) is 0.648. The molecule has 0 amide bonds. The molecule has 1 aromatic rings. The highest BCUT2D eigenvalue weighted by Crippen LogP contribution is 2.48. The van der Waals surface area contributed by atoms with Crippen LogP contribution in [0.3, 0.4) is 0 Å². The van der Waals surface area contributed by atoms with Crippen LogP contribution in [0.2, 0.25) is 5.02 Å². The zero-order valence-corrected chi connectivity index (χ0v) is 15.0. The Balaban J connectivity index is 1.26. The molecule has 1 N–H and O–H groups in total. The van der Waals surface area contributed by atoms with E-state index in [-0.39, 0.29) is 17.8 Å². The number of ether oxygens (including phenoxy) is 1. The maximum absolute atomic E-state index is 14.1. The first-order valence-corrected chi connectivity index (χ1v) is 9.61. The van der Waals surface area contributed by atoms with Gasteiger partial charge < -0.3 is 15.0 Å². The number of benzene rings is 1. The predicted octanol–water partition coefficient (Wildman–Crippen LogP) is 3.02. The van der Waals surface area contributed by atoms with Gasteiger partial charge in [0.25, 0.3) is 0 Å². The molecule has 4 aliphatic rings. The Bertz CT molecular complexity index is 688. The van der Waals surface area contributed by atoms with E-state index in [1.165, 1.54) is 18.9 Å². The lowest BCUT2D eigenvalue weighted by atomic mass is 9.82. The van der Waals surface area contributed by atoms with E-state index in [2.05, 4.69) is 15.2 Å². The number of guanidine groups is 1. The second-order valence-electron chi connectivity index (χ2n) is 7.80. The highest BCUT2D eigenvalue weighted by molar-refractivity contribution is 6.31. The van der Waals surface area contributed by atoms with Gasteiger partial charge in [0.1, 0.15) is 5.82 Å². The molecule has 6 heteroatoms. The molecule has 6 atom stereocenters. The number of hydrogen-bond acceptors (Lipinski definition) is 2. The maximum atomic E-state index is 14.1. The van der Waals surface area contributed by atoms with Crippen LogP contribution in [-0.2, 0) is 4.74 Å². The van der Waals surface area contributed by atoms with E-state index >= 15 is 0 Å². The van der Waals surface area contributed by atoms with Crippen LogP contribution in [0, 0.1) is 17.7 Å². The molecule has 25 heavy (non-hydrogen) atoms. The van der Waals surface area contributed by atoms with Crippen molar-refractivity contribution in [2.45, 2.75) is 43.4 Å². The first kappa shape index (κ1) is 15.9. The molecule has 6 unspecified atom stereocenters. The molecule has 4 nitrogen and oxygen atoms in total. The molecule has 3 aliphatic heterocycles. The van der Waals surface area contributed by atoms with E-state index < -0.39 is 0 Å². The lowest BCUT2D eigenvalue weighted by Gasteiger charge is -2.23. The summed E-state index contributed by atoms with van der Waals surface area (Å²) in [5.41, 5.74) is 0.641. The van der Waals surface area contributed by atoms with E-state index in [0.717, 1.165) is 25.5 Å².